The van der Waals surface area contributed by atoms with Crippen molar-refractivity contribution in [3.8, 4) is 0 Å². The maximum absolute atomic E-state index is 11.8. The van der Waals surface area contributed by atoms with Crippen LogP contribution in [0.15, 0.2) is 24.5 Å². The Bertz CT molecular complexity index is 331. The maximum atomic E-state index is 11.8. The minimum atomic E-state index is 0.347. The molecule has 0 saturated carbocycles. The van der Waals surface area contributed by atoms with Crippen LogP contribution in [0, 0.1) is 5.92 Å². The van der Waals surface area contributed by atoms with Gasteiger partial charge in [-0.05, 0) is 49.5 Å². The number of nitrogens with one attached hydrogen (secondary N) is 1. The Morgan fingerprint density at radius 2 is 2.25 bits per heavy atom. The highest BCUT2D eigenvalue weighted by Gasteiger charge is 2.16. The number of hydrogen-bond acceptors (Lipinski definition) is 3. The van der Waals surface area contributed by atoms with Crippen molar-refractivity contribution in [1.29, 1.82) is 0 Å². The second kappa shape index (κ2) is 5.75. The van der Waals surface area contributed by atoms with Gasteiger partial charge in [-0.15, -0.1) is 0 Å². The molecule has 16 heavy (non-hydrogen) atoms. The monoisotopic (exact) mass is 218 g/mol. The van der Waals surface area contributed by atoms with Gasteiger partial charge < -0.3 is 5.32 Å². The van der Waals surface area contributed by atoms with E-state index >= 15 is 0 Å². The molecule has 3 heteroatoms. The first kappa shape index (κ1) is 11.3. The zero-order chi connectivity index (χ0) is 11.2. The molecule has 1 aliphatic rings. The van der Waals surface area contributed by atoms with Crippen LogP contribution in [0.3, 0.4) is 0 Å². The molecule has 0 aromatic carbocycles. The van der Waals surface area contributed by atoms with E-state index in [9.17, 15) is 4.79 Å². The van der Waals surface area contributed by atoms with Crippen LogP contribution >= 0.6 is 0 Å². The van der Waals surface area contributed by atoms with E-state index < -0.39 is 0 Å². The molecule has 0 amide bonds. The van der Waals surface area contributed by atoms with E-state index in [0.717, 1.165) is 25.1 Å². The molecule has 0 spiro atoms. The van der Waals surface area contributed by atoms with Gasteiger partial charge in [0.05, 0.1) is 0 Å². The minimum absolute atomic E-state index is 0.347. The van der Waals surface area contributed by atoms with Crippen LogP contribution < -0.4 is 5.32 Å². The molecule has 1 aromatic rings. The Hall–Kier alpha value is -1.22. The largest absolute Gasteiger partial charge is 0.316 e. The lowest BCUT2D eigenvalue weighted by atomic mass is 9.92. The Kier molecular flexibility index (Phi) is 4.05. The third-order valence-electron chi connectivity index (χ3n) is 3.07. The van der Waals surface area contributed by atoms with Crippen LogP contribution in [0.2, 0.25) is 0 Å². The van der Waals surface area contributed by atoms with E-state index in [1.807, 2.05) is 12.1 Å². The Morgan fingerprint density at radius 3 is 2.94 bits per heavy atom. The summed E-state index contributed by atoms with van der Waals surface area (Å²) >= 11 is 0. The number of piperidine rings is 1. The molecule has 1 aliphatic heterocycles. The number of Topliss-reactive ketones (excluding diaryl/α,β-unsaturated/α-hetero) is 1. The second-order valence-corrected chi connectivity index (χ2v) is 4.49. The molecule has 1 N–H and O–H groups in total. The molecule has 1 fully saturated rings. The zero-order valence-corrected chi connectivity index (χ0v) is 9.48. The van der Waals surface area contributed by atoms with Gasteiger partial charge in [-0.1, -0.05) is 0 Å². The van der Waals surface area contributed by atoms with Gasteiger partial charge in [0, 0.05) is 25.2 Å². The predicted molar refractivity (Wildman–Crippen MR) is 63.2 cm³/mol. The van der Waals surface area contributed by atoms with Crippen molar-refractivity contribution >= 4 is 5.78 Å². The molecule has 0 radical (unpaired) electrons. The van der Waals surface area contributed by atoms with E-state index in [-0.39, 0.29) is 0 Å². The summed E-state index contributed by atoms with van der Waals surface area (Å²) in [6, 6.07) is 3.83. The highest BCUT2D eigenvalue weighted by molar-refractivity contribution is 5.81. The Balaban J connectivity index is 1.80. The van der Waals surface area contributed by atoms with Gasteiger partial charge in [0.2, 0.25) is 0 Å². The molecular weight excluding hydrogens is 200 g/mol. The lowest BCUT2D eigenvalue weighted by molar-refractivity contribution is -0.119. The molecule has 1 saturated heterocycles. The van der Waals surface area contributed by atoms with Crippen LogP contribution in [0.4, 0.5) is 0 Å². The summed E-state index contributed by atoms with van der Waals surface area (Å²) in [5.74, 6) is 0.892. The summed E-state index contributed by atoms with van der Waals surface area (Å²) in [6.07, 6.45) is 7.15. The van der Waals surface area contributed by atoms with Gasteiger partial charge in [-0.25, -0.2) is 0 Å². The number of nitrogens with zero attached hydrogens (tertiary/aromatic N) is 1. The fourth-order valence-electron chi connectivity index (χ4n) is 2.22. The lowest BCUT2D eigenvalue weighted by Crippen LogP contribution is -2.31. The predicted octanol–water partition coefficient (Wildman–Crippen LogP) is 1.58. The molecule has 2 rings (SSSR count). The van der Waals surface area contributed by atoms with E-state index in [4.69, 9.17) is 0 Å². The molecular formula is C13H18N2O. The lowest BCUT2D eigenvalue weighted by Gasteiger charge is -2.21. The summed E-state index contributed by atoms with van der Waals surface area (Å²) in [6.45, 7) is 2.11. The molecule has 0 aliphatic carbocycles. The first-order valence-corrected chi connectivity index (χ1v) is 5.96. The number of hydrogen-bond donors (Lipinski definition) is 1. The molecule has 2 heterocycles. The normalized spacial score (nSPS) is 20.6. The topological polar surface area (TPSA) is 42.0 Å². The van der Waals surface area contributed by atoms with Crippen LogP contribution in [-0.2, 0) is 11.2 Å². The van der Waals surface area contributed by atoms with Crippen molar-refractivity contribution in [2.75, 3.05) is 13.1 Å². The number of rotatable bonds is 4. The van der Waals surface area contributed by atoms with Crippen molar-refractivity contribution in [3.05, 3.63) is 30.1 Å². The third-order valence-corrected chi connectivity index (χ3v) is 3.07. The van der Waals surface area contributed by atoms with Crippen LogP contribution in [0.1, 0.15) is 24.8 Å². The van der Waals surface area contributed by atoms with Crippen LogP contribution in [-0.4, -0.2) is 23.9 Å². The van der Waals surface area contributed by atoms with Crippen molar-refractivity contribution in [2.24, 2.45) is 5.92 Å². The minimum Gasteiger partial charge on any atom is -0.316 e. The van der Waals surface area contributed by atoms with Gasteiger partial charge in [-0.2, -0.15) is 0 Å². The first-order valence-electron chi connectivity index (χ1n) is 5.96. The van der Waals surface area contributed by atoms with E-state index in [0.29, 0.717) is 18.1 Å². The number of aromatic nitrogens is 1. The summed E-state index contributed by atoms with van der Waals surface area (Å²) in [4.78, 5) is 15.8. The summed E-state index contributed by atoms with van der Waals surface area (Å²) in [7, 11) is 0. The average Bonchev–Trinajstić information content (AvgIpc) is 2.31. The zero-order valence-electron chi connectivity index (χ0n) is 9.48. The SMILES string of the molecule is O=C(Cc1ccncc1)CC1CCCNC1. The molecule has 1 atom stereocenters. The van der Waals surface area contributed by atoms with Crippen molar-refractivity contribution in [3.63, 3.8) is 0 Å². The highest BCUT2D eigenvalue weighted by atomic mass is 16.1. The molecule has 86 valence electrons. The van der Waals surface area contributed by atoms with E-state index in [1.165, 1.54) is 12.8 Å². The van der Waals surface area contributed by atoms with Gasteiger partial charge in [-0.3, -0.25) is 9.78 Å². The van der Waals surface area contributed by atoms with Crippen LogP contribution in [0.5, 0.6) is 0 Å². The van der Waals surface area contributed by atoms with Gasteiger partial charge >= 0.3 is 0 Å². The number of carbonyl (C=O) groups is 1. The molecule has 1 unspecified atom stereocenters. The van der Waals surface area contributed by atoms with Gasteiger partial charge in [0.15, 0.2) is 0 Å². The number of ketones is 1. The van der Waals surface area contributed by atoms with E-state index in [1.54, 1.807) is 12.4 Å². The average molecular weight is 218 g/mol. The Morgan fingerprint density at radius 1 is 1.44 bits per heavy atom. The van der Waals surface area contributed by atoms with Crippen LogP contribution in [0.25, 0.3) is 0 Å². The van der Waals surface area contributed by atoms with Crippen molar-refractivity contribution in [1.82, 2.24) is 10.3 Å². The summed E-state index contributed by atoms with van der Waals surface area (Å²) in [5, 5.41) is 3.34. The van der Waals surface area contributed by atoms with Crippen molar-refractivity contribution < 1.29 is 4.79 Å². The number of pyridine rings is 1. The van der Waals surface area contributed by atoms with Crippen molar-refractivity contribution in [2.45, 2.75) is 25.7 Å². The standard InChI is InChI=1S/C13H18N2O/c16-13(8-11-3-6-14-7-4-11)9-12-2-1-5-15-10-12/h3-4,6-7,12,15H,1-2,5,8-10H2. The first-order chi connectivity index (χ1) is 7.84. The quantitative estimate of drug-likeness (QED) is 0.834. The smallest absolute Gasteiger partial charge is 0.137 e. The fourth-order valence-corrected chi connectivity index (χ4v) is 2.22. The van der Waals surface area contributed by atoms with E-state index in [2.05, 4.69) is 10.3 Å². The fraction of sp³-hybridized carbons (Fsp3) is 0.538. The summed E-state index contributed by atoms with van der Waals surface area (Å²) < 4.78 is 0. The number of carbonyl (C=O) groups excluding carboxylic acids is 1. The molecule has 3 nitrogen and oxygen atoms in total. The maximum Gasteiger partial charge on any atom is 0.137 e. The molecule has 1 aromatic heterocycles. The van der Waals surface area contributed by atoms with Gasteiger partial charge in [0.1, 0.15) is 5.78 Å². The highest BCUT2D eigenvalue weighted by Crippen LogP contribution is 2.15. The molecule has 0 bridgehead atoms. The summed E-state index contributed by atoms with van der Waals surface area (Å²) in [5.41, 5.74) is 1.07. The van der Waals surface area contributed by atoms with Gasteiger partial charge in [0.25, 0.3) is 0 Å². The third kappa shape index (κ3) is 3.42. The second-order valence-electron chi connectivity index (χ2n) is 4.49. The Labute approximate surface area is 96.3 Å².